The monoisotopic (exact) mass is 420 g/mol. The molecule has 5 aromatic rings. The number of aromatic nitrogens is 4. The van der Waals surface area contributed by atoms with Crippen LogP contribution in [0.15, 0.2) is 67.0 Å². The predicted molar refractivity (Wildman–Crippen MR) is 125 cm³/mol. The minimum atomic E-state index is -0.367. The fourth-order valence-electron chi connectivity index (χ4n) is 4.08. The lowest BCUT2D eigenvalue weighted by atomic mass is 9.96. The van der Waals surface area contributed by atoms with E-state index in [9.17, 15) is 4.79 Å². The second kappa shape index (κ2) is 7.60. The largest absolute Gasteiger partial charge is 0.381 e. The van der Waals surface area contributed by atoms with E-state index in [-0.39, 0.29) is 23.3 Å². The van der Waals surface area contributed by atoms with Crippen molar-refractivity contribution >= 4 is 28.3 Å². The standard InChI is InChI=1S/C25H20N6O/c1-3-16-11-7-12-18-19(16)20(17-9-5-4-6-10-17)22(29-18)15(2)28-25(32)21-23(26)30-31-14-8-13-27-24(21)31/h1,4-15,29H,2H3,(H2,26,30)(H,28,32)/t15-/m1/s1. The summed E-state index contributed by atoms with van der Waals surface area (Å²) in [5, 5.41) is 8.18. The van der Waals surface area contributed by atoms with Crippen molar-refractivity contribution in [1.29, 1.82) is 0 Å². The molecule has 1 amide bonds. The summed E-state index contributed by atoms with van der Waals surface area (Å²) in [5.74, 6) is 2.56. The van der Waals surface area contributed by atoms with E-state index in [1.165, 1.54) is 4.52 Å². The molecule has 7 nitrogen and oxygen atoms in total. The van der Waals surface area contributed by atoms with E-state index >= 15 is 0 Å². The second-order valence-electron chi connectivity index (χ2n) is 7.50. The summed E-state index contributed by atoms with van der Waals surface area (Å²) in [7, 11) is 0. The Labute approximate surface area is 184 Å². The van der Waals surface area contributed by atoms with E-state index in [0.29, 0.717) is 5.65 Å². The highest BCUT2D eigenvalue weighted by atomic mass is 16.1. The lowest BCUT2D eigenvalue weighted by Gasteiger charge is -2.15. The summed E-state index contributed by atoms with van der Waals surface area (Å²) in [6, 6.07) is 17.2. The van der Waals surface area contributed by atoms with Gasteiger partial charge >= 0.3 is 0 Å². The molecule has 0 bridgehead atoms. The van der Waals surface area contributed by atoms with E-state index < -0.39 is 0 Å². The third-order valence-electron chi connectivity index (χ3n) is 5.50. The van der Waals surface area contributed by atoms with Crippen LogP contribution in [0.25, 0.3) is 27.7 Å². The molecule has 156 valence electrons. The van der Waals surface area contributed by atoms with Gasteiger partial charge in [-0.1, -0.05) is 42.3 Å². The zero-order valence-electron chi connectivity index (χ0n) is 17.3. The minimum absolute atomic E-state index is 0.128. The van der Waals surface area contributed by atoms with E-state index in [0.717, 1.165) is 33.3 Å². The molecule has 0 fully saturated rings. The third kappa shape index (κ3) is 3.06. The Kier molecular flexibility index (Phi) is 4.61. The topological polar surface area (TPSA) is 101 Å². The van der Waals surface area contributed by atoms with Crippen LogP contribution in [0.2, 0.25) is 0 Å². The van der Waals surface area contributed by atoms with Crippen molar-refractivity contribution in [3.05, 3.63) is 83.8 Å². The van der Waals surface area contributed by atoms with Gasteiger partial charge in [-0.2, -0.15) is 0 Å². The number of anilines is 1. The number of nitrogens with two attached hydrogens (primary N) is 1. The van der Waals surface area contributed by atoms with Gasteiger partial charge in [0.15, 0.2) is 11.5 Å². The van der Waals surface area contributed by atoms with E-state index in [1.807, 2.05) is 55.5 Å². The number of carbonyl (C=O) groups excluding carboxylic acids is 1. The molecular weight excluding hydrogens is 400 g/mol. The Bertz CT molecular complexity index is 1510. The van der Waals surface area contributed by atoms with Crippen LogP contribution in [0, 0.1) is 12.3 Å². The van der Waals surface area contributed by atoms with Crippen LogP contribution < -0.4 is 11.1 Å². The fraction of sp³-hybridized carbons (Fsp3) is 0.0800. The SMILES string of the molecule is C#Cc1cccc2[nH]c([C@@H](C)NC(=O)c3c(N)nn4cccnc34)c(-c3ccccc3)c12. The molecule has 0 aliphatic rings. The molecule has 4 N–H and O–H groups in total. The summed E-state index contributed by atoms with van der Waals surface area (Å²) in [6.45, 7) is 1.92. The van der Waals surface area contributed by atoms with Gasteiger partial charge in [-0.25, -0.2) is 9.50 Å². The zero-order valence-corrected chi connectivity index (χ0v) is 17.3. The van der Waals surface area contributed by atoms with Gasteiger partial charge in [0, 0.05) is 40.1 Å². The highest BCUT2D eigenvalue weighted by molar-refractivity contribution is 6.05. The Morgan fingerprint density at radius 2 is 2.00 bits per heavy atom. The number of nitrogens with zero attached hydrogens (tertiary/aromatic N) is 3. The van der Waals surface area contributed by atoms with Gasteiger partial charge in [0.1, 0.15) is 5.56 Å². The number of aromatic amines is 1. The molecule has 0 saturated carbocycles. The Hall–Kier alpha value is -4.57. The van der Waals surface area contributed by atoms with Gasteiger partial charge in [0.2, 0.25) is 0 Å². The molecule has 3 heterocycles. The van der Waals surface area contributed by atoms with Gasteiger partial charge in [0.05, 0.1) is 6.04 Å². The summed E-state index contributed by atoms with van der Waals surface area (Å²) < 4.78 is 1.49. The molecule has 3 aromatic heterocycles. The smallest absolute Gasteiger partial charge is 0.259 e. The van der Waals surface area contributed by atoms with Crippen LogP contribution in [0.5, 0.6) is 0 Å². The molecule has 2 aromatic carbocycles. The van der Waals surface area contributed by atoms with Crippen LogP contribution in [-0.4, -0.2) is 25.5 Å². The second-order valence-corrected chi connectivity index (χ2v) is 7.50. The van der Waals surface area contributed by atoms with Gasteiger partial charge in [0.25, 0.3) is 5.91 Å². The van der Waals surface area contributed by atoms with Crippen LogP contribution in [0.3, 0.4) is 0 Å². The van der Waals surface area contributed by atoms with Gasteiger partial charge < -0.3 is 16.0 Å². The van der Waals surface area contributed by atoms with Crippen molar-refractivity contribution in [3.8, 4) is 23.5 Å². The molecule has 0 aliphatic carbocycles. The maximum Gasteiger partial charge on any atom is 0.259 e. The highest BCUT2D eigenvalue weighted by Crippen LogP contribution is 2.37. The van der Waals surface area contributed by atoms with E-state index in [2.05, 4.69) is 26.3 Å². The summed E-state index contributed by atoms with van der Waals surface area (Å²) in [5.41, 5.74) is 11.2. The molecule has 32 heavy (non-hydrogen) atoms. The van der Waals surface area contributed by atoms with Gasteiger partial charge in [-0.3, -0.25) is 4.79 Å². The van der Waals surface area contributed by atoms with Gasteiger partial charge in [-0.05, 0) is 30.7 Å². The molecule has 0 spiro atoms. The number of amides is 1. The molecule has 0 unspecified atom stereocenters. The number of hydrogen-bond donors (Lipinski definition) is 3. The van der Waals surface area contributed by atoms with Crippen molar-refractivity contribution in [3.63, 3.8) is 0 Å². The number of benzene rings is 2. The summed E-state index contributed by atoms with van der Waals surface area (Å²) in [6.07, 6.45) is 9.10. The number of rotatable bonds is 4. The van der Waals surface area contributed by atoms with Crippen molar-refractivity contribution < 1.29 is 4.79 Å². The van der Waals surface area contributed by atoms with Crippen molar-refractivity contribution in [2.45, 2.75) is 13.0 Å². The summed E-state index contributed by atoms with van der Waals surface area (Å²) >= 11 is 0. The molecule has 1 atom stereocenters. The number of terminal acetylenes is 1. The van der Waals surface area contributed by atoms with Crippen LogP contribution in [0.4, 0.5) is 5.82 Å². The maximum absolute atomic E-state index is 13.2. The predicted octanol–water partition coefficient (Wildman–Crippen LogP) is 3.93. The first-order valence-electron chi connectivity index (χ1n) is 10.1. The average Bonchev–Trinajstić information content (AvgIpc) is 3.36. The van der Waals surface area contributed by atoms with Crippen molar-refractivity contribution in [1.82, 2.24) is 24.9 Å². The lowest BCUT2D eigenvalue weighted by molar-refractivity contribution is 0.0941. The van der Waals surface area contributed by atoms with Crippen LogP contribution in [-0.2, 0) is 0 Å². The first kappa shape index (κ1) is 19.4. The van der Waals surface area contributed by atoms with E-state index in [1.54, 1.807) is 18.5 Å². The Balaban J connectivity index is 1.61. The number of nitrogens with one attached hydrogen (secondary N) is 2. The van der Waals surface area contributed by atoms with Gasteiger partial charge in [-0.15, -0.1) is 11.5 Å². The van der Waals surface area contributed by atoms with Crippen molar-refractivity contribution in [2.24, 2.45) is 0 Å². The highest BCUT2D eigenvalue weighted by Gasteiger charge is 2.24. The quantitative estimate of drug-likeness (QED) is 0.384. The molecule has 7 heteroatoms. The average molecular weight is 420 g/mol. The first-order valence-corrected chi connectivity index (χ1v) is 10.1. The number of carbonyl (C=O) groups is 1. The molecule has 0 aliphatic heterocycles. The lowest BCUT2D eigenvalue weighted by Crippen LogP contribution is -2.28. The third-order valence-corrected chi connectivity index (χ3v) is 5.50. The summed E-state index contributed by atoms with van der Waals surface area (Å²) in [4.78, 5) is 20.9. The zero-order chi connectivity index (χ0) is 22.2. The normalized spacial score (nSPS) is 12.0. The van der Waals surface area contributed by atoms with Crippen LogP contribution >= 0.6 is 0 Å². The molecule has 5 rings (SSSR count). The fourth-order valence-corrected chi connectivity index (χ4v) is 4.08. The molecule has 0 saturated heterocycles. The maximum atomic E-state index is 13.2. The minimum Gasteiger partial charge on any atom is -0.381 e. The first-order chi connectivity index (χ1) is 15.6. The molecular formula is C25H20N6O. The Morgan fingerprint density at radius 1 is 1.19 bits per heavy atom. The number of nitrogen functional groups attached to an aromatic ring is 1. The van der Waals surface area contributed by atoms with Crippen LogP contribution in [0.1, 0.15) is 34.6 Å². The molecule has 0 radical (unpaired) electrons. The Morgan fingerprint density at radius 3 is 2.78 bits per heavy atom. The number of H-pyrrole nitrogens is 1. The number of fused-ring (bicyclic) bond motifs is 2. The number of hydrogen-bond acceptors (Lipinski definition) is 4. The van der Waals surface area contributed by atoms with Crippen molar-refractivity contribution in [2.75, 3.05) is 5.73 Å². The van der Waals surface area contributed by atoms with E-state index in [4.69, 9.17) is 12.2 Å².